The van der Waals surface area contributed by atoms with Gasteiger partial charge in [-0.05, 0) is 41.1 Å². The van der Waals surface area contributed by atoms with Gasteiger partial charge >= 0.3 is 0 Å². The van der Waals surface area contributed by atoms with Crippen molar-refractivity contribution in [3.8, 4) is 0 Å². The Kier molecular flexibility index (Phi) is 6.26. The molecule has 0 fully saturated rings. The Bertz CT molecular complexity index is 536. The SMILES string of the molecule is CCN(C(C)COC)S(=O)(=O)c1ccc(Cl)c(Br)c1. The van der Waals surface area contributed by atoms with Crippen molar-refractivity contribution in [3.63, 3.8) is 0 Å². The van der Waals surface area contributed by atoms with Crippen molar-refractivity contribution < 1.29 is 13.2 Å². The van der Waals surface area contributed by atoms with Crippen LogP contribution in [0.1, 0.15) is 13.8 Å². The predicted molar refractivity (Wildman–Crippen MR) is 80.1 cm³/mol. The number of methoxy groups -OCH3 is 1. The topological polar surface area (TPSA) is 46.6 Å². The predicted octanol–water partition coefficient (Wildman–Crippen LogP) is 3.15. The molecule has 1 aromatic rings. The van der Waals surface area contributed by atoms with Crippen LogP contribution in [0.3, 0.4) is 0 Å². The van der Waals surface area contributed by atoms with Gasteiger partial charge in [0.25, 0.3) is 0 Å². The summed E-state index contributed by atoms with van der Waals surface area (Å²) in [5, 5.41) is 0.479. The minimum absolute atomic E-state index is 0.216. The zero-order valence-corrected chi connectivity index (χ0v) is 14.2. The van der Waals surface area contributed by atoms with Gasteiger partial charge in [0.1, 0.15) is 0 Å². The van der Waals surface area contributed by atoms with E-state index in [-0.39, 0.29) is 10.9 Å². The molecule has 1 rings (SSSR count). The van der Waals surface area contributed by atoms with E-state index < -0.39 is 10.0 Å². The summed E-state index contributed by atoms with van der Waals surface area (Å²) in [6.07, 6.45) is 0. The zero-order valence-electron chi connectivity index (χ0n) is 11.1. The molecule has 0 aromatic heterocycles. The molecule has 0 amide bonds. The first-order chi connectivity index (χ1) is 8.84. The second-order valence-electron chi connectivity index (χ2n) is 4.09. The van der Waals surface area contributed by atoms with Crippen LogP contribution in [0.5, 0.6) is 0 Å². The number of ether oxygens (including phenoxy) is 1. The summed E-state index contributed by atoms with van der Waals surface area (Å²) in [5.41, 5.74) is 0. The second-order valence-corrected chi connectivity index (χ2v) is 7.24. The number of hydrogen-bond acceptors (Lipinski definition) is 3. The molecule has 7 heteroatoms. The summed E-state index contributed by atoms with van der Waals surface area (Å²) < 4.78 is 32.1. The lowest BCUT2D eigenvalue weighted by Crippen LogP contribution is -2.40. The highest BCUT2D eigenvalue weighted by Crippen LogP contribution is 2.27. The van der Waals surface area contributed by atoms with Crippen molar-refractivity contribution in [2.45, 2.75) is 24.8 Å². The third-order valence-electron chi connectivity index (χ3n) is 2.71. The van der Waals surface area contributed by atoms with Crippen molar-refractivity contribution in [2.75, 3.05) is 20.3 Å². The van der Waals surface area contributed by atoms with Crippen LogP contribution in [-0.2, 0) is 14.8 Å². The molecular formula is C12H17BrClNO3S. The maximum atomic E-state index is 12.5. The van der Waals surface area contributed by atoms with Crippen LogP contribution in [0.2, 0.25) is 5.02 Å². The molecule has 0 heterocycles. The Morgan fingerprint density at radius 1 is 1.47 bits per heavy atom. The van der Waals surface area contributed by atoms with Gasteiger partial charge in [-0.25, -0.2) is 8.42 Å². The molecule has 19 heavy (non-hydrogen) atoms. The highest BCUT2D eigenvalue weighted by atomic mass is 79.9. The summed E-state index contributed by atoms with van der Waals surface area (Å²) in [6.45, 7) is 4.35. The molecular weight excluding hydrogens is 354 g/mol. The molecule has 0 aliphatic carbocycles. The van der Waals surface area contributed by atoms with Crippen LogP contribution in [0.25, 0.3) is 0 Å². The van der Waals surface area contributed by atoms with Crippen LogP contribution in [0, 0.1) is 0 Å². The molecule has 1 unspecified atom stereocenters. The van der Waals surface area contributed by atoms with Gasteiger partial charge in [-0.15, -0.1) is 0 Å². The number of likely N-dealkylation sites (N-methyl/N-ethyl adjacent to an activating group) is 1. The first-order valence-electron chi connectivity index (χ1n) is 5.80. The Labute approximate surface area is 127 Å². The van der Waals surface area contributed by atoms with E-state index in [0.29, 0.717) is 22.6 Å². The molecule has 0 aliphatic heterocycles. The van der Waals surface area contributed by atoms with Gasteiger partial charge < -0.3 is 4.74 Å². The first-order valence-corrected chi connectivity index (χ1v) is 8.41. The first kappa shape index (κ1) is 16.9. The number of rotatable bonds is 6. The van der Waals surface area contributed by atoms with E-state index in [1.165, 1.54) is 16.4 Å². The molecule has 0 bridgehead atoms. The third-order valence-corrected chi connectivity index (χ3v) is 6.01. The number of halogens is 2. The minimum Gasteiger partial charge on any atom is -0.383 e. The summed E-state index contributed by atoms with van der Waals surface area (Å²) in [7, 11) is -2.00. The van der Waals surface area contributed by atoms with Gasteiger partial charge in [0.05, 0.1) is 16.5 Å². The third kappa shape index (κ3) is 3.92. The van der Waals surface area contributed by atoms with Gasteiger partial charge in [-0.2, -0.15) is 4.31 Å². The number of benzene rings is 1. The summed E-state index contributed by atoms with van der Waals surface area (Å²) in [4.78, 5) is 0.216. The van der Waals surface area contributed by atoms with Crippen LogP contribution >= 0.6 is 27.5 Å². The monoisotopic (exact) mass is 369 g/mol. The second kappa shape index (κ2) is 7.04. The van der Waals surface area contributed by atoms with E-state index in [2.05, 4.69) is 15.9 Å². The average molecular weight is 371 g/mol. The lowest BCUT2D eigenvalue weighted by Gasteiger charge is -2.26. The molecule has 0 saturated heterocycles. The molecule has 0 N–H and O–H groups in total. The summed E-state index contributed by atoms with van der Waals surface area (Å²) >= 11 is 9.12. The van der Waals surface area contributed by atoms with Gasteiger partial charge in [0.15, 0.2) is 0 Å². The quantitative estimate of drug-likeness (QED) is 0.773. The summed E-state index contributed by atoms with van der Waals surface area (Å²) in [6, 6.07) is 4.35. The summed E-state index contributed by atoms with van der Waals surface area (Å²) in [5.74, 6) is 0. The molecule has 0 aliphatic rings. The van der Waals surface area contributed by atoms with E-state index in [0.717, 1.165) is 0 Å². The molecule has 0 spiro atoms. The fourth-order valence-electron chi connectivity index (χ4n) is 1.82. The maximum absolute atomic E-state index is 12.5. The van der Waals surface area contributed by atoms with Crippen molar-refractivity contribution >= 4 is 37.6 Å². The fraction of sp³-hybridized carbons (Fsp3) is 0.500. The lowest BCUT2D eigenvalue weighted by atomic mass is 10.3. The maximum Gasteiger partial charge on any atom is 0.243 e. The molecule has 108 valence electrons. The molecule has 0 saturated carbocycles. The normalized spacial score (nSPS) is 13.8. The van der Waals surface area contributed by atoms with Crippen molar-refractivity contribution in [1.82, 2.24) is 4.31 Å². The van der Waals surface area contributed by atoms with Gasteiger partial charge in [0, 0.05) is 24.2 Å². The molecule has 0 radical (unpaired) electrons. The largest absolute Gasteiger partial charge is 0.383 e. The Balaban J connectivity index is 3.16. The van der Waals surface area contributed by atoms with Crippen molar-refractivity contribution in [2.24, 2.45) is 0 Å². The standard InChI is InChI=1S/C12H17BrClNO3S/c1-4-15(9(2)8-18-3)19(16,17)10-5-6-12(14)11(13)7-10/h5-7,9H,4,8H2,1-3H3. The van der Waals surface area contributed by atoms with E-state index in [1.807, 2.05) is 6.92 Å². The minimum atomic E-state index is -3.55. The van der Waals surface area contributed by atoms with Gasteiger partial charge in [-0.1, -0.05) is 18.5 Å². The highest BCUT2D eigenvalue weighted by molar-refractivity contribution is 9.10. The Hall–Kier alpha value is -0.140. The van der Waals surface area contributed by atoms with Crippen LogP contribution in [0.15, 0.2) is 27.6 Å². The Morgan fingerprint density at radius 3 is 2.58 bits per heavy atom. The van der Waals surface area contributed by atoms with E-state index in [4.69, 9.17) is 16.3 Å². The van der Waals surface area contributed by atoms with E-state index >= 15 is 0 Å². The van der Waals surface area contributed by atoms with E-state index in [9.17, 15) is 8.42 Å². The molecule has 4 nitrogen and oxygen atoms in total. The fourth-order valence-corrected chi connectivity index (χ4v) is 4.12. The number of nitrogens with zero attached hydrogens (tertiary/aromatic N) is 1. The van der Waals surface area contributed by atoms with Gasteiger partial charge in [0.2, 0.25) is 10.0 Å². The average Bonchev–Trinajstić information content (AvgIpc) is 2.33. The number of sulfonamides is 1. The van der Waals surface area contributed by atoms with E-state index in [1.54, 1.807) is 20.1 Å². The van der Waals surface area contributed by atoms with Crippen LogP contribution < -0.4 is 0 Å². The smallest absolute Gasteiger partial charge is 0.243 e. The molecule has 1 aromatic carbocycles. The molecule has 1 atom stereocenters. The highest BCUT2D eigenvalue weighted by Gasteiger charge is 2.28. The lowest BCUT2D eigenvalue weighted by molar-refractivity contribution is 0.142. The van der Waals surface area contributed by atoms with Gasteiger partial charge in [-0.3, -0.25) is 0 Å². The Morgan fingerprint density at radius 2 is 2.11 bits per heavy atom. The number of hydrogen-bond donors (Lipinski definition) is 0. The van der Waals surface area contributed by atoms with Crippen LogP contribution in [-0.4, -0.2) is 39.0 Å². The van der Waals surface area contributed by atoms with Crippen molar-refractivity contribution in [1.29, 1.82) is 0 Å². The van der Waals surface area contributed by atoms with Crippen LogP contribution in [0.4, 0.5) is 0 Å². The zero-order chi connectivity index (χ0) is 14.6. The van der Waals surface area contributed by atoms with Crippen molar-refractivity contribution in [3.05, 3.63) is 27.7 Å².